The van der Waals surface area contributed by atoms with Crippen molar-refractivity contribution in [3.63, 3.8) is 0 Å². The fourth-order valence-electron chi connectivity index (χ4n) is 2.86. The van der Waals surface area contributed by atoms with E-state index in [1.807, 2.05) is 0 Å². The number of likely N-dealkylation sites (tertiary alicyclic amines) is 1. The van der Waals surface area contributed by atoms with Crippen molar-refractivity contribution < 1.29 is 0 Å². The molecule has 0 aliphatic carbocycles. The van der Waals surface area contributed by atoms with E-state index >= 15 is 0 Å². The standard InChI is InChI=1S/C16H28N2Si/c1-19(2,3)16-8-6-14(7-9-16)12-18-10-4-5-15(11-17)13-18/h6-9,15H,4-5,10-13,17H2,1-3H3. The van der Waals surface area contributed by atoms with Crippen LogP contribution in [0.25, 0.3) is 0 Å². The number of nitrogens with zero attached hydrogens (tertiary/aromatic N) is 1. The summed E-state index contributed by atoms with van der Waals surface area (Å²) in [7, 11) is -1.16. The molecule has 0 radical (unpaired) electrons. The summed E-state index contributed by atoms with van der Waals surface area (Å²) in [6.07, 6.45) is 2.61. The third kappa shape index (κ3) is 4.16. The topological polar surface area (TPSA) is 29.3 Å². The smallest absolute Gasteiger partial charge is 0.0775 e. The molecule has 2 rings (SSSR count). The van der Waals surface area contributed by atoms with E-state index in [4.69, 9.17) is 5.73 Å². The van der Waals surface area contributed by atoms with Crippen LogP contribution in [0, 0.1) is 5.92 Å². The van der Waals surface area contributed by atoms with Gasteiger partial charge in [-0.15, -0.1) is 0 Å². The molecular weight excluding hydrogens is 248 g/mol. The van der Waals surface area contributed by atoms with Gasteiger partial charge in [-0.3, -0.25) is 4.90 Å². The molecule has 2 nitrogen and oxygen atoms in total. The van der Waals surface area contributed by atoms with Crippen LogP contribution in [0.5, 0.6) is 0 Å². The fraction of sp³-hybridized carbons (Fsp3) is 0.625. The van der Waals surface area contributed by atoms with E-state index in [-0.39, 0.29) is 0 Å². The zero-order chi connectivity index (χ0) is 13.9. The Labute approximate surface area is 119 Å². The number of piperidine rings is 1. The lowest BCUT2D eigenvalue weighted by molar-refractivity contribution is 0.171. The molecule has 0 bridgehead atoms. The molecule has 0 saturated carbocycles. The maximum Gasteiger partial charge on any atom is 0.0775 e. The third-order valence-corrected chi connectivity index (χ3v) is 6.23. The molecule has 2 N–H and O–H groups in total. The van der Waals surface area contributed by atoms with Gasteiger partial charge in [0.1, 0.15) is 0 Å². The fourth-order valence-corrected chi connectivity index (χ4v) is 4.02. The first-order chi connectivity index (χ1) is 8.99. The second-order valence-corrected chi connectivity index (χ2v) is 12.0. The molecule has 1 aromatic rings. The normalized spacial score (nSPS) is 21.6. The lowest BCUT2D eigenvalue weighted by Crippen LogP contribution is -2.38. The monoisotopic (exact) mass is 276 g/mol. The molecule has 1 aliphatic heterocycles. The zero-order valence-electron chi connectivity index (χ0n) is 12.7. The van der Waals surface area contributed by atoms with Gasteiger partial charge < -0.3 is 5.73 Å². The lowest BCUT2D eigenvalue weighted by Gasteiger charge is -2.32. The van der Waals surface area contributed by atoms with Crippen LogP contribution in [0.3, 0.4) is 0 Å². The molecule has 1 unspecified atom stereocenters. The molecule has 1 saturated heterocycles. The van der Waals surface area contributed by atoms with Gasteiger partial charge >= 0.3 is 0 Å². The lowest BCUT2D eigenvalue weighted by atomic mass is 9.98. The molecule has 19 heavy (non-hydrogen) atoms. The van der Waals surface area contributed by atoms with Crippen LogP contribution < -0.4 is 10.9 Å². The van der Waals surface area contributed by atoms with E-state index in [1.54, 1.807) is 5.19 Å². The van der Waals surface area contributed by atoms with Crippen molar-refractivity contribution in [2.75, 3.05) is 19.6 Å². The van der Waals surface area contributed by atoms with Gasteiger partial charge in [-0.25, -0.2) is 0 Å². The van der Waals surface area contributed by atoms with Gasteiger partial charge in [0.05, 0.1) is 8.07 Å². The second kappa shape index (κ2) is 6.20. The van der Waals surface area contributed by atoms with Crippen molar-refractivity contribution in [2.45, 2.75) is 39.0 Å². The summed E-state index contributed by atoms with van der Waals surface area (Å²) in [5.74, 6) is 0.704. The van der Waals surface area contributed by atoms with Crippen LogP contribution in [0.1, 0.15) is 18.4 Å². The highest BCUT2D eigenvalue weighted by atomic mass is 28.3. The highest BCUT2D eigenvalue weighted by molar-refractivity contribution is 6.88. The van der Waals surface area contributed by atoms with Crippen LogP contribution in [-0.4, -0.2) is 32.6 Å². The highest BCUT2D eigenvalue weighted by Crippen LogP contribution is 2.17. The summed E-state index contributed by atoms with van der Waals surface area (Å²) in [6.45, 7) is 11.5. The molecule has 1 aliphatic rings. The van der Waals surface area contributed by atoms with Crippen molar-refractivity contribution in [3.05, 3.63) is 29.8 Å². The van der Waals surface area contributed by atoms with Gasteiger partial charge in [0.25, 0.3) is 0 Å². The maximum absolute atomic E-state index is 5.80. The maximum atomic E-state index is 5.80. The second-order valence-electron chi connectivity index (χ2n) is 6.93. The van der Waals surface area contributed by atoms with Gasteiger partial charge in [-0.05, 0) is 37.4 Å². The zero-order valence-corrected chi connectivity index (χ0v) is 13.7. The largest absolute Gasteiger partial charge is 0.330 e. The summed E-state index contributed by atoms with van der Waals surface area (Å²) in [5, 5.41) is 1.55. The molecule has 3 heteroatoms. The SMILES string of the molecule is C[Si](C)(C)c1ccc(CN2CCCC(CN)C2)cc1. The highest BCUT2D eigenvalue weighted by Gasteiger charge is 2.19. The van der Waals surface area contributed by atoms with E-state index < -0.39 is 8.07 Å². The van der Waals surface area contributed by atoms with E-state index in [0.717, 1.165) is 13.1 Å². The molecule has 106 valence electrons. The minimum absolute atomic E-state index is 0.704. The summed E-state index contributed by atoms with van der Waals surface area (Å²) < 4.78 is 0. The Morgan fingerprint density at radius 2 is 1.89 bits per heavy atom. The molecule has 1 aromatic carbocycles. The van der Waals surface area contributed by atoms with Gasteiger partial charge in [-0.2, -0.15) is 0 Å². The van der Waals surface area contributed by atoms with Crippen LogP contribution in [0.15, 0.2) is 24.3 Å². The Hall–Kier alpha value is -0.643. The van der Waals surface area contributed by atoms with Gasteiger partial charge in [0.15, 0.2) is 0 Å². The number of hydrogen-bond acceptors (Lipinski definition) is 2. The summed E-state index contributed by atoms with van der Waals surface area (Å²) in [5.41, 5.74) is 7.25. The van der Waals surface area contributed by atoms with Gasteiger partial charge in [0, 0.05) is 13.1 Å². The van der Waals surface area contributed by atoms with Gasteiger partial charge in [0.2, 0.25) is 0 Å². The molecule has 1 fully saturated rings. The molecule has 0 spiro atoms. The minimum atomic E-state index is -1.16. The van der Waals surface area contributed by atoms with Crippen molar-refractivity contribution in [1.82, 2.24) is 4.90 Å². The number of hydrogen-bond donors (Lipinski definition) is 1. The van der Waals surface area contributed by atoms with Gasteiger partial charge in [-0.1, -0.05) is 49.1 Å². The van der Waals surface area contributed by atoms with Crippen molar-refractivity contribution in [1.29, 1.82) is 0 Å². The summed E-state index contributed by atoms with van der Waals surface area (Å²) in [6, 6.07) is 9.32. The molecule has 0 amide bonds. The van der Waals surface area contributed by atoms with E-state index in [0.29, 0.717) is 5.92 Å². The van der Waals surface area contributed by atoms with Crippen LogP contribution in [-0.2, 0) is 6.54 Å². The predicted molar refractivity (Wildman–Crippen MR) is 86.5 cm³/mol. The van der Waals surface area contributed by atoms with Crippen molar-refractivity contribution in [3.8, 4) is 0 Å². The van der Waals surface area contributed by atoms with Crippen LogP contribution in [0.4, 0.5) is 0 Å². The number of benzene rings is 1. The van der Waals surface area contributed by atoms with Crippen LogP contribution in [0.2, 0.25) is 19.6 Å². The van der Waals surface area contributed by atoms with Crippen LogP contribution >= 0.6 is 0 Å². The van der Waals surface area contributed by atoms with E-state index in [2.05, 4.69) is 48.8 Å². The molecular formula is C16H28N2Si. The first-order valence-electron chi connectivity index (χ1n) is 7.51. The Morgan fingerprint density at radius 1 is 1.21 bits per heavy atom. The Morgan fingerprint density at radius 3 is 2.47 bits per heavy atom. The Bertz CT molecular complexity index is 394. The minimum Gasteiger partial charge on any atom is -0.330 e. The number of rotatable bonds is 4. The van der Waals surface area contributed by atoms with E-state index in [1.165, 1.54) is 31.5 Å². The average molecular weight is 276 g/mol. The number of nitrogens with two attached hydrogens (primary N) is 1. The van der Waals surface area contributed by atoms with Crippen molar-refractivity contribution in [2.24, 2.45) is 11.7 Å². The Balaban J connectivity index is 1.96. The quantitative estimate of drug-likeness (QED) is 0.856. The first-order valence-corrected chi connectivity index (χ1v) is 11.0. The Kier molecular flexibility index (Phi) is 4.82. The third-order valence-electron chi connectivity index (χ3n) is 4.16. The molecule has 1 heterocycles. The first kappa shape index (κ1) is 14.8. The van der Waals surface area contributed by atoms with Crippen molar-refractivity contribution >= 4 is 13.3 Å². The molecule has 1 atom stereocenters. The average Bonchev–Trinajstić information content (AvgIpc) is 2.38. The molecule has 0 aromatic heterocycles. The predicted octanol–water partition coefficient (Wildman–Crippen LogP) is 2.40. The summed E-state index contributed by atoms with van der Waals surface area (Å²) in [4.78, 5) is 2.56. The van der Waals surface area contributed by atoms with E-state index in [9.17, 15) is 0 Å². The summed E-state index contributed by atoms with van der Waals surface area (Å²) >= 11 is 0.